The Labute approximate surface area is 147 Å². The van der Waals surface area contributed by atoms with E-state index in [0.717, 1.165) is 0 Å². The first-order valence-corrected chi connectivity index (χ1v) is 9.39. The number of hydrogen-bond donors (Lipinski definition) is 1. The van der Waals surface area contributed by atoms with Crippen LogP contribution in [0.4, 0.5) is 0 Å². The summed E-state index contributed by atoms with van der Waals surface area (Å²) in [4.78, 5) is 23.6. The molecule has 1 fully saturated rings. The Kier molecular flexibility index (Phi) is 6.51. The number of esters is 1. The molecule has 1 heterocycles. The molecule has 2 rings (SSSR count). The van der Waals surface area contributed by atoms with Crippen LogP contribution in [0.5, 0.6) is 0 Å². The average molecular weight is 370 g/mol. The lowest BCUT2D eigenvalue weighted by Crippen LogP contribution is -2.40. The van der Waals surface area contributed by atoms with E-state index in [1.807, 2.05) is 0 Å². The molecule has 25 heavy (non-hydrogen) atoms. The summed E-state index contributed by atoms with van der Waals surface area (Å²) in [5.41, 5.74) is 0.0756. The Hall–Kier alpha value is -1.97. The number of sulfonamides is 1. The molecule has 1 N–H and O–H groups in total. The highest BCUT2D eigenvalue weighted by Gasteiger charge is 2.27. The van der Waals surface area contributed by atoms with E-state index in [9.17, 15) is 18.0 Å². The second-order valence-electron chi connectivity index (χ2n) is 5.84. The summed E-state index contributed by atoms with van der Waals surface area (Å²) in [7, 11) is -3.70. The third-order valence-corrected chi connectivity index (χ3v) is 5.36. The molecule has 1 aliphatic rings. The average Bonchev–Trinajstić information content (AvgIpc) is 2.60. The second-order valence-corrected chi connectivity index (χ2v) is 7.78. The minimum Gasteiger partial charge on any atom is -0.452 e. The zero-order valence-electron chi connectivity index (χ0n) is 14.2. The molecule has 0 bridgehead atoms. The van der Waals surface area contributed by atoms with Crippen LogP contribution >= 0.6 is 0 Å². The zero-order chi connectivity index (χ0) is 18.4. The van der Waals surface area contributed by atoms with Gasteiger partial charge >= 0.3 is 5.97 Å². The first kappa shape index (κ1) is 19.4. The third-order valence-electron chi connectivity index (χ3n) is 3.46. The van der Waals surface area contributed by atoms with Crippen LogP contribution in [0.25, 0.3) is 0 Å². The van der Waals surface area contributed by atoms with Crippen molar-refractivity contribution in [3.8, 4) is 0 Å². The Morgan fingerprint density at radius 3 is 2.60 bits per heavy atom. The quantitative estimate of drug-likeness (QED) is 0.727. The zero-order valence-corrected chi connectivity index (χ0v) is 15.0. The predicted octanol–water partition coefficient (Wildman–Crippen LogP) is 0.389. The van der Waals surface area contributed by atoms with Gasteiger partial charge in [-0.2, -0.15) is 4.31 Å². The molecule has 138 valence electrons. The highest BCUT2D eigenvalue weighted by molar-refractivity contribution is 7.89. The van der Waals surface area contributed by atoms with E-state index in [1.165, 1.54) is 28.6 Å². The van der Waals surface area contributed by atoms with Gasteiger partial charge in [-0.3, -0.25) is 4.79 Å². The first-order valence-electron chi connectivity index (χ1n) is 7.95. The minimum absolute atomic E-state index is 0.00971. The van der Waals surface area contributed by atoms with Crippen molar-refractivity contribution < 1.29 is 27.5 Å². The van der Waals surface area contributed by atoms with Crippen molar-refractivity contribution >= 4 is 21.9 Å². The molecule has 1 aromatic carbocycles. The largest absolute Gasteiger partial charge is 0.452 e. The predicted molar refractivity (Wildman–Crippen MR) is 89.6 cm³/mol. The lowest BCUT2D eigenvalue weighted by atomic mass is 10.2. The molecule has 0 saturated carbocycles. The lowest BCUT2D eigenvalue weighted by molar-refractivity contribution is -0.124. The Morgan fingerprint density at radius 2 is 1.96 bits per heavy atom. The van der Waals surface area contributed by atoms with Crippen LogP contribution in [0.1, 0.15) is 24.2 Å². The maximum absolute atomic E-state index is 12.6. The van der Waals surface area contributed by atoms with Crippen molar-refractivity contribution in [1.82, 2.24) is 9.62 Å². The van der Waals surface area contributed by atoms with Gasteiger partial charge in [0.15, 0.2) is 6.61 Å². The Balaban J connectivity index is 2.07. The van der Waals surface area contributed by atoms with Crippen LogP contribution in [0, 0.1) is 0 Å². The van der Waals surface area contributed by atoms with Crippen molar-refractivity contribution in [1.29, 1.82) is 0 Å². The number of hydrogen-bond acceptors (Lipinski definition) is 6. The summed E-state index contributed by atoms with van der Waals surface area (Å²) in [5, 5.41) is 2.60. The van der Waals surface area contributed by atoms with E-state index in [-0.39, 0.29) is 29.6 Å². The topological polar surface area (TPSA) is 102 Å². The molecule has 1 aromatic rings. The summed E-state index contributed by atoms with van der Waals surface area (Å²) in [6.45, 7) is 4.38. The maximum atomic E-state index is 12.6. The van der Waals surface area contributed by atoms with Gasteiger partial charge in [0.1, 0.15) is 0 Å². The number of ether oxygens (including phenoxy) is 2. The first-order chi connectivity index (χ1) is 11.8. The SMILES string of the molecule is CC(C)NC(=O)COC(=O)c1cccc(S(=O)(=O)N2CCOCC2)c1. The number of morpholine rings is 1. The molecule has 0 aromatic heterocycles. The molecule has 1 saturated heterocycles. The highest BCUT2D eigenvalue weighted by Crippen LogP contribution is 2.18. The molecule has 0 unspecified atom stereocenters. The number of carbonyl (C=O) groups excluding carboxylic acids is 2. The lowest BCUT2D eigenvalue weighted by Gasteiger charge is -2.26. The molecule has 0 radical (unpaired) electrons. The number of nitrogens with zero attached hydrogens (tertiary/aromatic N) is 1. The molecule has 0 atom stereocenters. The van der Waals surface area contributed by atoms with Gasteiger partial charge in [-0.05, 0) is 32.0 Å². The van der Waals surface area contributed by atoms with Crippen molar-refractivity contribution in [2.24, 2.45) is 0 Å². The maximum Gasteiger partial charge on any atom is 0.338 e. The molecule has 9 heteroatoms. The number of amides is 1. The van der Waals surface area contributed by atoms with Crippen molar-refractivity contribution in [3.05, 3.63) is 29.8 Å². The van der Waals surface area contributed by atoms with E-state index in [4.69, 9.17) is 9.47 Å². The monoisotopic (exact) mass is 370 g/mol. The second kappa shape index (κ2) is 8.41. The molecule has 1 amide bonds. The van der Waals surface area contributed by atoms with Gasteiger partial charge in [0, 0.05) is 19.1 Å². The smallest absolute Gasteiger partial charge is 0.338 e. The molecule has 8 nitrogen and oxygen atoms in total. The number of nitrogens with one attached hydrogen (secondary N) is 1. The summed E-state index contributed by atoms with van der Waals surface area (Å²) in [5.74, 6) is -1.17. The van der Waals surface area contributed by atoms with Gasteiger partial charge < -0.3 is 14.8 Å². The van der Waals surface area contributed by atoms with Crippen LogP contribution in [0.2, 0.25) is 0 Å². The van der Waals surface area contributed by atoms with Crippen molar-refractivity contribution in [2.45, 2.75) is 24.8 Å². The highest BCUT2D eigenvalue weighted by atomic mass is 32.2. The third kappa shape index (κ3) is 5.25. The normalized spacial score (nSPS) is 15.8. The fourth-order valence-corrected chi connectivity index (χ4v) is 3.75. The van der Waals surface area contributed by atoms with E-state index in [0.29, 0.717) is 13.2 Å². The van der Waals surface area contributed by atoms with Crippen molar-refractivity contribution in [3.63, 3.8) is 0 Å². The fourth-order valence-electron chi connectivity index (χ4n) is 2.30. The van der Waals surface area contributed by atoms with E-state index in [1.54, 1.807) is 13.8 Å². The van der Waals surface area contributed by atoms with Gasteiger partial charge in [-0.15, -0.1) is 0 Å². The van der Waals surface area contributed by atoms with Gasteiger partial charge in [0.05, 0.1) is 23.7 Å². The summed E-state index contributed by atoms with van der Waals surface area (Å²) >= 11 is 0. The van der Waals surface area contributed by atoms with Crippen LogP contribution < -0.4 is 5.32 Å². The van der Waals surface area contributed by atoms with E-state index >= 15 is 0 Å². The minimum atomic E-state index is -3.70. The standard InChI is InChI=1S/C16H22N2O6S/c1-12(2)17-15(19)11-24-16(20)13-4-3-5-14(10-13)25(21,22)18-6-8-23-9-7-18/h3-5,10,12H,6-9,11H2,1-2H3,(H,17,19). The molecule has 1 aliphatic heterocycles. The van der Waals surface area contributed by atoms with E-state index < -0.39 is 28.5 Å². The summed E-state index contributed by atoms with van der Waals surface area (Å²) in [6.07, 6.45) is 0. The van der Waals surface area contributed by atoms with Crippen molar-refractivity contribution in [2.75, 3.05) is 32.9 Å². The van der Waals surface area contributed by atoms with Crippen LogP contribution in [-0.2, 0) is 24.3 Å². The molecular formula is C16H22N2O6S. The molecule has 0 spiro atoms. The number of rotatable bonds is 6. The van der Waals surface area contributed by atoms with Gasteiger partial charge in [-0.1, -0.05) is 6.07 Å². The number of carbonyl (C=O) groups is 2. The molecular weight excluding hydrogens is 348 g/mol. The molecule has 0 aliphatic carbocycles. The fraction of sp³-hybridized carbons (Fsp3) is 0.500. The van der Waals surface area contributed by atoms with Gasteiger partial charge in [0.2, 0.25) is 10.0 Å². The van der Waals surface area contributed by atoms with Crippen LogP contribution in [-0.4, -0.2) is 63.6 Å². The Bertz CT molecular complexity index is 726. The summed E-state index contributed by atoms with van der Waals surface area (Å²) in [6, 6.07) is 5.54. The number of benzene rings is 1. The summed E-state index contributed by atoms with van der Waals surface area (Å²) < 4.78 is 36.6. The van der Waals surface area contributed by atoms with Gasteiger partial charge in [-0.25, -0.2) is 13.2 Å². The Morgan fingerprint density at radius 1 is 1.28 bits per heavy atom. The van der Waals surface area contributed by atoms with Crippen LogP contribution in [0.15, 0.2) is 29.2 Å². The van der Waals surface area contributed by atoms with Gasteiger partial charge in [0.25, 0.3) is 5.91 Å². The van der Waals surface area contributed by atoms with Crippen LogP contribution in [0.3, 0.4) is 0 Å². The van der Waals surface area contributed by atoms with E-state index in [2.05, 4.69) is 5.32 Å².